The SMILES string of the molecule is C[C@@H]1CN(c2nc(C(F)(F)F)ccc2C#N)C[C@H]1C(=O)O. The lowest BCUT2D eigenvalue weighted by Crippen LogP contribution is -2.25. The molecular weight excluding hydrogens is 287 g/mol. The van der Waals surface area contributed by atoms with Crippen LogP contribution in [-0.2, 0) is 11.0 Å². The summed E-state index contributed by atoms with van der Waals surface area (Å²) in [6.45, 7) is 2.00. The fraction of sp³-hybridized carbons (Fsp3) is 0.462. The molecule has 1 aliphatic heterocycles. The minimum absolute atomic E-state index is 0.00115. The smallest absolute Gasteiger partial charge is 0.433 e. The Morgan fingerprint density at radius 2 is 2.14 bits per heavy atom. The highest BCUT2D eigenvalue weighted by Crippen LogP contribution is 2.33. The monoisotopic (exact) mass is 299 g/mol. The Morgan fingerprint density at radius 3 is 2.62 bits per heavy atom. The first-order chi connectivity index (χ1) is 9.74. The molecule has 0 aliphatic carbocycles. The standard InChI is InChI=1S/C13H12F3N3O2/c1-7-5-19(6-9(7)12(20)21)11-8(4-17)2-3-10(18-11)13(14,15)16/h2-3,7,9H,5-6H2,1H3,(H,20,21)/t7-,9-/m1/s1. The summed E-state index contributed by atoms with van der Waals surface area (Å²) < 4.78 is 38.1. The van der Waals surface area contributed by atoms with Crippen molar-refractivity contribution in [2.24, 2.45) is 11.8 Å². The summed E-state index contributed by atoms with van der Waals surface area (Å²) in [6.07, 6.45) is -4.61. The minimum atomic E-state index is -4.61. The molecule has 1 saturated heterocycles. The topological polar surface area (TPSA) is 77.2 Å². The van der Waals surface area contributed by atoms with Gasteiger partial charge in [-0.3, -0.25) is 4.79 Å². The Morgan fingerprint density at radius 1 is 1.48 bits per heavy atom. The predicted molar refractivity (Wildman–Crippen MR) is 66.5 cm³/mol. The lowest BCUT2D eigenvalue weighted by atomic mass is 9.99. The van der Waals surface area contributed by atoms with Crippen LogP contribution in [0.15, 0.2) is 12.1 Å². The molecule has 2 heterocycles. The summed E-state index contributed by atoms with van der Waals surface area (Å²) in [5.74, 6) is -2.03. The summed E-state index contributed by atoms with van der Waals surface area (Å²) in [7, 11) is 0. The Balaban J connectivity index is 2.40. The Hall–Kier alpha value is -2.30. The van der Waals surface area contributed by atoms with Gasteiger partial charge >= 0.3 is 12.1 Å². The van der Waals surface area contributed by atoms with Crippen LogP contribution in [0, 0.1) is 23.2 Å². The van der Waals surface area contributed by atoms with Crippen molar-refractivity contribution in [3.8, 4) is 6.07 Å². The van der Waals surface area contributed by atoms with E-state index in [-0.39, 0.29) is 30.4 Å². The van der Waals surface area contributed by atoms with Gasteiger partial charge in [0.2, 0.25) is 0 Å². The van der Waals surface area contributed by atoms with Crippen molar-refractivity contribution in [1.82, 2.24) is 4.98 Å². The number of hydrogen-bond acceptors (Lipinski definition) is 4. The number of aliphatic carboxylic acids is 1. The molecule has 1 N–H and O–H groups in total. The zero-order chi connectivity index (χ0) is 15.8. The third kappa shape index (κ3) is 2.91. The zero-order valence-corrected chi connectivity index (χ0v) is 11.1. The van der Waals surface area contributed by atoms with Gasteiger partial charge in [0, 0.05) is 13.1 Å². The fourth-order valence-electron chi connectivity index (χ4n) is 2.40. The highest BCUT2D eigenvalue weighted by Gasteiger charge is 2.38. The van der Waals surface area contributed by atoms with Gasteiger partial charge in [0.05, 0.1) is 11.5 Å². The molecule has 1 aromatic rings. The average molecular weight is 299 g/mol. The zero-order valence-electron chi connectivity index (χ0n) is 11.1. The molecule has 0 unspecified atom stereocenters. The number of halogens is 3. The maximum Gasteiger partial charge on any atom is 0.433 e. The average Bonchev–Trinajstić information content (AvgIpc) is 2.79. The summed E-state index contributed by atoms with van der Waals surface area (Å²) in [6, 6.07) is 3.60. The second-order valence-electron chi connectivity index (χ2n) is 5.00. The second kappa shape index (κ2) is 5.24. The van der Waals surface area contributed by atoms with Crippen molar-refractivity contribution in [2.75, 3.05) is 18.0 Å². The molecule has 5 nitrogen and oxygen atoms in total. The number of anilines is 1. The summed E-state index contributed by atoms with van der Waals surface area (Å²) in [4.78, 5) is 16.0. The van der Waals surface area contributed by atoms with E-state index in [1.54, 1.807) is 13.0 Å². The Labute approximate surface area is 118 Å². The lowest BCUT2D eigenvalue weighted by molar-refractivity contribution is -0.142. The van der Waals surface area contributed by atoms with Crippen LogP contribution in [0.4, 0.5) is 19.0 Å². The number of pyridine rings is 1. The molecule has 1 aliphatic rings. The quantitative estimate of drug-likeness (QED) is 0.905. The maximum absolute atomic E-state index is 12.7. The van der Waals surface area contributed by atoms with Gasteiger partial charge in [-0.25, -0.2) is 4.98 Å². The minimum Gasteiger partial charge on any atom is -0.481 e. The van der Waals surface area contributed by atoms with E-state index in [0.29, 0.717) is 0 Å². The van der Waals surface area contributed by atoms with Crippen LogP contribution in [0.3, 0.4) is 0 Å². The maximum atomic E-state index is 12.7. The van der Waals surface area contributed by atoms with Crippen LogP contribution in [0.1, 0.15) is 18.2 Å². The fourth-order valence-corrected chi connectivity index (χ4v) is 2.40. The normalized spacial score (nSPS) is 22.1. The molecule has 0 spiro atoms. The molecule has 21 heavy (non-hydrogen) atoms. The first-order valence-corrected chi connectivity index (χ1v) is 6.20. The number of alkyl halides is 3. The summed E-state index contributed by atoms with van der Waals surface area (Å²) in [5.41, 5.74) is -1.09. The van der Waals surface area contributed by atoms with Crippen LogP contribution in [0.25, 0.3) is 0 Å². The van der Waals surface area contributed by atoms with Crippen LogP contribution >= 0.6 is 0 Å². The highest BCUT2D eigenvalue weighted by molar-refractivity contribution is 5.72. The first-order valence-electron chi connectivity index (χ1n) is 6.20. The van der Waals surface area contributed by atoms with Gasteiger partial charge in [-0.1, -0.05) is 6.92 Å². The molecule has 0 bridgehead atoms. The van der Waals surface area contributed by atoms with Gasteiger partial charge in [-0.2, -0.15) is 18.4 Å². The first kappa shape index (κ1) is 15.1. The number of aromatic nitrogens is 1. The van der Waals surface area contributed by atoms with Crippen LogP contribution < -0.4 is 4.90 Å². The molecule has 112 valence electrons. The van der Waals surface area contributed by atoms with E-state index in [4.69, 9.17) is 10.4 Å². The van der Waals surface area contributed by atoms with Crippen molar-refractivity contribution < 1.29 is 23.1 Å². The van der Waals surface area contributed by atoms with Gasteiger partial charge in [0.25, 0.3) is 0 Å². The van der Waals surface area contributed by atoms with E-state index in [0.717, 1.165) is 12.1 Å². The number of carboxylic acid groups (broad SMARTS) is 1. The van der Waals surface area contributed by atoms with Crippen LogP contribution in [0.5, 0.6) is 0 Å². The number of nitrogens with zero attached hydrogens (tertiary/aromatic N) is 3. The molecule has 0 radical (unpaired) electrons. The van der Waals surface area contributed by atoms with Crippen molar-refractivity contribution in [3.05, 3.63) is 23.4 Å². The number of carbonyl (C=O) groups is 1. The lowest BCUT2D eigenvalue weighted by Gasteiger charge is -2.19. The van der Waals surface area contributed by atoms with E-state index in [9.17, 15) is 18.0 Å². The second-order valence-corrected chi connectivity index (χ2v) is 5.00. The van der Waals surface area contributed by atoms with Gasteiger partial charge < -0.3 is 10.0 Å². The number of nitriles is 1. The van der Waals surface area contributed by atoms with Crippen LogP contribution in [0.2, 0.25) is 0 Å². The van der Waals surface area contributed by atoms with Crippen molar-refractivity contribution in [3.63, 3.8) is 0 Å². The van der Waals surface area contributed by atoms with Crippen molar-refractivity contribution >= 4 is 11.8 Å². The molecule has 0 saturated carbocycles. The number of hydrogen-bond donors (Lipinski definition) is 1. The van der Waals surface area contributed by atoms with Gasteiger partial charge in [-0.15, -0.1) is 0 Å². The molecule has 1 aromatic heterocycles. The molecule has 2 rings (SSSR count). The summed E-state index contributed by atoms with van der Waals surface area (Å²) >= 11 is 0. The van der Waals surface area contributed by atoms with E-state index >= 15 is 0 Å². The molecule has 2 atom stereocenters. The number of carboxylic acids is 1. The third-order valence-corrected chi connectivity index (χ3v) is 3.52. The van der Waals surface area contributed by atoms with Gasteiger partial charge in [0.1, 0.15) is 17.6 Å². The third-order valence-electron chi connectivity index (χ3n) is 3.52. The molecular formula is C13H12F3N3O2. The van der Waals surface area contributed by atoms with E-state index in [1.807, 2.05) is 0 Å². The largest absolute Gasteiger partial charge is 0.481 e. The molecule has 0 amide bonds. The molecule has 8 heteroatoms. The van der Waals surface area contributed by atoms with E-state index in [1.165, 1.54) is 4.90 Å². The van der Waals surface area contributed by atoms with Crippen molar-refractivity contribution in [2.45, 2.75) is 13.1 Å². The van der Waals surface area contributed by atoms with Crippen molar-refractivity contribution in [1.29, 1.82) is 5.26 Å². The van der Waals surface area contributed by atoms with Gasteiger partial charge in [-0.05, 0) is 18.1 Å². The highest BCUT2D eigenvalue weighted by atomic mass is 19.4. The predicted octanol–water partition coefficient (Wildman–Crippen LogP) is 2.13. The van der Waals surface area contributed by atoms with E-state index in [2.05, 4.69) is 4.98 Å². The Kier molecular flexibility index (Phi) is 3.77. The van der Waals surface area contributed by atoms with Crippen LogP contribution in [-0.4, -0.2) is 29.1 Å². The molecule has 0 aromatic carbocycles. The Bertz CT molecular complexity index is 610. The molecule has 1 fully saturated rings. The number of rotatable bonds is 2. The van der Waals surface area contributed by atoms with Gasteiger partial charge in [0.15, 0.2) is 0 Å². The van der Waals surface area contributed by atoms with E-state index < -0.39 is 23.8 Å². The summed E-state index contributed by atoms with van der Waals surface area (Å²) in [5, 5.41) is 18.1.